The summed E-state index contributed by atoms with van der Waals surface area (Å²) in [5, 5.41) is 3.21. The van der Waals surface area contributed by atoms with Crippen molar-refractivity contribution >= 4 is 5.69 Å². The van der Waals surface area contributed by atoms with Gasteiger partial charge in [0.2, 0.25) is 0 Å². The molecule has 2 nitrogen and oxygen atoms in total. The van der Waals surface area contributed by atoms with Crippen molar-refractivity contribution in [3.05, 3.63) is 65.0 Å². The van der Waals surface area contributed by atoms with Gasteiger partial charge in [-0.15, -0.1) is 0 Å². The minimum atomic E-state index is -0.176. The standard InChI is InChI=1S/C17H21FN2/c1-12-8-9-16(18)15(10-12)17(19-2)13-6-5-7-14(11-13)20(3)4/h5-11,17,19H,1-4H3. The molecule has 106 valence electrons. The average Bonchev–Trinajstić information content (AvgIpc) is 2.44. The van der Waals surface area contributed by atoms with Crippen molar-refractivity contribution in [1.82, 2.24) is 5.32 Å². The van der Waals surface area contributed by atoms with Crippen LogP contribution >= 0.6 is 0 Å². The molecule has 1 atom stereocenters. The first kappa shape index (κ1) is 14.5. The van der Waals surface area contributed by atoms with E-state index in [9.17, 15) is 4.39 Å². The molecule has 2 rings (SSSR count). The molecule has 2 aromatic carbocycles. The summed E-state index contributed by atoms with van der Waals surface area (Å²) in [5.74, 6) is -0.176. The van der Waals surface area contributed by atoms with Gasteiger partial charge in [0.05, 0.1) is 6.04 Å². The third-order valence-electron chi connectivity index (χ3n) is 3.47. The summed E-state index contributed by atoms with van der Waals surface area (Å²) in [6.45, 7) is 1.98. The molecule has 0 aliphatic heterocycles. The highest BCUT2D eigenvalue weighted by atomic mass is 19.1. The average molecular weight is 272 g/mol. The van der Waals surface area contributed by atoms with Gasteiger partial charge in [0.1, 0.15) is 5.82 Å². The highest BCUT2D eigenvalue weighted by Crippen LogP contribution is 2.27. The molecule has 0 saturated carbocycles. The van der Waals surface area contributed by atoms with Crippen molar-refractivity contribution in [3.8, 4) is 0 Å². The van der Waals surface area contributed by atoms with Gasteiger partial charge in [-0.2, -0.15) is 0 Å². The molecule has 0 aromatic heterocycles. The minimum absolute atomic E-state index is 0.144. The number of nitrogens with zero attached hydrogens (tertiary/aromatic N) is 1. The molecule has 0 heterocycles. The number of halogens is 1. The minimum Gasteiger partial charge on any atom is -0.378 e. The Kier molecular flexibility index (Phi) is 4.40. The highest BCUT2D eigenvalue weighted by molar-refractivity contribution is 5.49. The van der Waals surface area contributed by atoms with E-state index in [0.29, 0.717) is 5.56 Å². The quantitative estimate of drug-likeness (QED) is 0.916. The van der Waals surface area contributed by atoms with Crippen LogP contribution in [0.5, 0.6) is 0 Å². The molecule has 0 spiro atoms. The number of benzene rings is 2. The summed E-state index contributed by atoms with van der Waals surface area (Å²) in [7, 11) is 5.86. The molecule has 1 N–H and O–H groups in total. The van der Waals surface area contributed by atoms with E-state index in [1.807, 2.05) is 57.2 Å². The van der Waals surface area contributed by atoms with Crippen LogP contribution in [0.25, 0.3) is 0 Å². The lowest BCUT2D eigenvalue weighted by Gasteiger charge is -2.21. The second-order valence-corrected chi connectivity index (χ2v) is 5.24. The highest BCUT2D eigenvalue weighted by Gasteiger charge is 2.16. The van der Waals surface area contributed by atoms with E-state index in [0.717, 1.165) is 16.8 Å². The van der Waals surface area contributed by atoms with E-state index in [4.69, 9.17) is 0 Å². The molecule has 2 aromatic rings. The zero-order valence-electron chi connectivity index (χ0n) is 12.4. The van der Waals surface area contributed by atoms with Gasteiger partial charge in [-0.3, -0.25) is 0 Å². The second-order valence-electron chi connectivity index (χ2n) is 5.24. The van der Waals surface area contributed by atoms with E-state index in [-0.39, 0.29) is 11.9 Å². The van der Waals surface area contributed by atoms with Crippen molar-refractivity contribution in [2.75, 3.05) is 26.0 Å². The normalized spacial score (nSPS) is 12.2. The smallest absolute Gasteiger partial charge is 0.128 e. The predicted molar refractivity (Wildman–Crippen MR) is 82.8 cm³/mol. The zero-order valence-corrected chi connectivity index (χ0v) is 12.4. The first-order valence-electron chi connectivity index (χ1n) is 6.73. The fraction of sp³-hybridized carbons (Fsp3) is 0.294. The maximum Gasteiger partial charge on any atom is 0.128 e. The molecule has 0 bridgehead atoms. The van der Waals surface area contributed by atoms with Crippen LogP contribution in [0.2, 0.25) is 0 Å². The molecule has 1 unspecified atom stereocenters. The Morgan fingerprint density at radius 1 is 1.10 bits per heavy atom. The first-order chi connectivity index (χ1) is 9.52. The van der Waals surface area contributed by atoms with E-state index >= 15 is 0 Å². The van der Waals surface area contributed by atoms with Crippen LogP contribution in [-0.2, 0) is 0 Å². The maximum absolute atomic E-state index is 14.1. The summed E-state index contributed by atoms with van der Waals surface area (Å²) in [6, 6.07) is 13.2. The number of rotatable bonds is 4. The molecular formula is C17H21FN2. The third kappa shape index (κ3) is 2.99. The number of anilines is 1. The molecule has 3 heteroatoms. The summed E-state index contributed by atoms with van der Waals surface area (Å²) in [6.07, 6.45) is 0. The fourth-order valence-corrected chi connectivity index (χ4v) is 2.37. The van der Waals surface area contributed by atoms with Gasteiger partial charge in [-0.05, 0) is 37.7 Å². The first-order valence-corrected chi connectivity index (χ1v) is 6.73. The molecule has 0 amide bonds. The van der Waals surface area contributed by atoms with Gasteiger partial charge < -0.3 is 10.2 Å². The topological polar surface area (TPSA) is 15.3 Å². The van der Waals surface area contributed by atoms with Crippen molar-refractivity contribution in [1.29, 1.82) is 0 Å². The van der Waals surface area contributed by atoms with Crippen LogP contribution in [0.1, 0.15) is 22.7 Å². The molecule has 0 radical (unpaired) electrons. The van der Waals surface area contributed by atoms with Crippen LogP contribution in [0, 0.1) is 12.7 Å². The summed E-state index contributed by atoms with van der Waals surface area (Å²) in [4.78, 5) is 2.04. The lowest BCUT2D eigenvalue weighted by atomic mass is 9.96. The number of hydrogen-bond donors (Lipinski definition) is 1. The van der Waals surface area contributed by atoms with Gasteiger partial charge >= 0.3 is 0 Å². The van der Waals surface area contributed by atoms with E-state index in [2.05, 4.69) is 11.4 Å². The Labute approximate surface area is 120 Å². The van der Waals surface area contributed by atoms with Crippen molar-refractivity contribution < 1.29 is 4.39 Å². The second kappa shape index (κ2) is 6.06. The molecule has 20 heavy (non-hydrogen) atoms. The van der Waals surface area contributed by atoms with E-state index in [1.165, 1.54) is 6.07 Å². The third-order valence-corrected chi connectivity index (χ3v) is 3.47. The Bertz CT molecular complexity index is 593. The predicted octanol–water partition coefficient (Wildman–Crippen LogP) is 3.51. The van der Waals surface area contributed by atoms with Crippen molar-refractivity contribution in [2.45, 2.75) is 13.0 Å². The fourth-order valence-electron chi connectivity index (χ4n) is 2.37. The number of hydrogen-bond acceptors (Lipinski definition) is 2. The van der Waals surface area contributed by atoms with Crippen LogP contribution in [0.15, 0.2) is 42.5 Å². The Morgan fingerprint density at radius 3 is 2.50 bits per heavy atom. The van der Waals surface area contributed by atoms with Gasteiger partial charge in [0, 0.05) is 25.3 Å². The molecule has 0 aliphatic rings. The van der Waals surface area contributed by atoms with E-state index < -0.39 is 0 Å². The van der Waals surface area contributed by atoms with Gasteiger partial charge in [0.25, 0.3) is 0 Å². The molecule has 0 fully saturated rings. The number of nitrogens with one attached hydrogen (secondary N) is 1. The van der Waals surface area contributed by atoms with Crippen LogP contribution in [-0.4, -0.2) is 21.1 Å². The Hall–Kier alpha value is -1.87. The Balaban J connectivity index is 2.46. The summed E-state index contributed by atoms with van der Waals surface area (Å²) < 4.78 is 14.1. The maximum atomic E-state index is 14.1. The molecular weight excluding hydrogens is 251 g/mol. The summed E-state index contributed by atoms with van der Waals surface area (Å²) >= 11 is 0. The lowest BCUT2D eigenvalue weighted by molar-refractivity contribution is 0.575. The zero-order chi connectivity index (χ0) is 14.7. The Morgan fingerprint density at radius 2 is 1.85 bits per heavy atom. The van der Waals surface area contributed by atoms with Crippen LogP contribution in [0.3, 0.4) is 0 Å². The van der Waals surface area contributed by atoms with Crippen LogP contribution in [0.4, 0.5) is 10.1 Å². The van der Waals surface area contributed by atoms with Crippen molar-refractivity contribution in [3.63, 3.8) is 0 Å². The molecule has 0 saturated heterocycles. The van der Waals surface area contributed by atoms with Crippen molar-refractivity contribution in [2.24, 2.45) is 0 Å². The monoisotopic (exact) mass is 272 g/mol. The lowest BCUT2D eigenvalue weighted by Crippen LogP contribution is -2.19. The largest absolute Gasteiger partial charge is 0.378 e. The van der Waals surface area contributed by atoms with Gasteiger partial charge in [-0.25, -0.2) is 4.39 Å². The SMILES string of the molecule is CNC(c1cccc(N(C)C)c1)c1cc(C)ccc1F. The van der Waals surface area contributed by atoms with Crippen LogP contribution < -0.4 is 10.2 Å². The molecule has 0 aliphatic carbocycles. The summed E-state index contributed by atoms with van der Waals surface area (Å²) in [5.41, 5.74) is 3.91. The number of aryl methyl sites for hydroxylation is 1. The van der Waals surface area contributed by atoms with Gasteiger partial charge in [0.15, 0.2) is 0 Å². The van der Waals surface area contributed by atoms with Gasteiger partial charge in [-0.1, -0.05) is 29.8 Å². The van der Waals surface area contributed by atoms with E-state index in [1.54, 1.807) is 6.07 Å².